The molecule has 0 saturated carbocycles. The normalized spacial score (nSPS) is 20.4. The molecule has 1 aliphatic rings. The first-order chi connectivity index (χ1) is 5.24. The molecule has 1 saturated heterocycles. The average Bonchev–Trinajstić information content (AvgIpc) is 2.05. The fraction of sp³-hybridized carbons (Fsp3) is 0.857. The van der Waals surface area contributed by atoms with Crippen molar-refractivity contribution in [3.05, 3.63) is 0 Å². The van der Waals surface area contributed by atoms with Crippen molar-refractivity contribution < 1.29 is 4.79 Å². The molecule has 0 bridgehead atoms. The molecule has 11 heavy (non-hydrogen) atoms. The summed E-state index contributed by atoms with van der Waals surface area (Å²) in [5, 5.41) is 0. The van der Waals surface area contributed by atoms with E-state index in [1.807, 2.05) is 4.90 Å². The van der Waals surface area contributed by atoms with Gasteiger partial charge in [-0.05, 0) is 0 Å². The van der Waals surface area contributed by atoms with Crippen LogP contribution in [0.2, 0.25) is 0 Å². The molecule has 0 unspecified atom stereocenters. The van der Waals surface area contributed by atoms with E-state index < -0.39 is 0 Å². The number of amides is 1. The second-order valence-electron chi connectivity index (χ2n) is 2.81. The number of carbonyl (C=O) groups is 1. The molecule has 1 amide bonds. The number of carbonyl (C=O) groups excluding carboxylic acids is 1. The van der Waals surface area contributed by atoms with Gasteiger partial charge in [-0.15, -0.1) is 0 Å². The predicted molar refractivity (Wildman–Crippen MR) is 42.9 cm³/mol. The van der Waals surface area contributed by atoms with E-state index in [1.54, 1.807) is 6.92 Å². The van der Waals surface area contributed by atoms with Gasteiger partial charge in [-0.2, -0.15) is 0 Å². The third-order valence-corrected chi connectivity index (χ3v) is 2.08. The lowest BCUT2D eigenvalue weighted by molar-refractivity contribution is -0.130. The Morgan fingerprint density at radius 1 is 1.36 bits per heavy atom. The lowest BCUT2D eigenvalue weighted by Crippen LogP contribution is -2.49. The Labute approximate surface area is 66.9 Å². The molecule has 0 spiro atoms. The van der Waals surface area contributed by atoms with Gasteiger partial charge in [0.15, 0.2) is 0 Å². The Kier molecular flexibility index (Phi) is 2.84. The fourth-order valence-corrected chi connectivity index (χ4v) is 1.25. The van der Waals surface area contributed by atoms with Crippen molar-refractivity contribution in [1.82, 2.24) is 9.80 Å². The summed E-state index contributed by atoms with van der Waals surface area (Å²) in [4.78, 5) is 14.9. The topological polar surface area (TPSA) is 49.6 Å². The van der Waals surface area contributed by atoms with Crippen molar-refractivity contribution in [2.75, 3.05) is 32.8 Å². The molecule has 64 valence electrons. The van der Waals surface area contributed by atoms with Crippen molar-refractivity contribution in [1.29, 1.82) is 0 Å². The molecule has 2 N–H and O–H groups in total. The first-order valence-corrected chi connectivity index (χ1v) is 3.92. The zero-order valence-corrected chi connectivity index (χ0v) is 6.92. The summed E-state index contributed by atoms with van der Waals surface area (Å²) < 4.78 is 0. The van der Waals surface area contributed by atoms with E-state index in [-0.39, 0.29) is 5.91 Å². The van der Waals surface area contributed by atoms with Gasteiger partial charge in [-0.3, -0.25) is 9.69 Å². The maximum Gasteiger partial charge on any atom is 0.219 e. The Balaban J connectivity index is 2.30. The van der Waals surface area contributed by atoms with E-state index in [0.29, 0.717) is 6.67 Å². The molecule has 0 aromatic rings. The first-order valence-electron chi connectivity index (χ1n) is 3.92. The molecular weight excluding hydrogens is 142 g/mol. The summed E-state index contributed by atoms with van der Waals surface area (Å²) in [5.74, 6) is 0.168. The minimum absolute atomic E-state index is 0.168. The minimum atomic E-state index is 0.168. The van der Waals surface area contributed by atoms with Gasteiger partial charge in [0.05, 0.1) is 0 Å². The highest BCUT2D eigenvalue weighted by Crippen LogP contribution is 1.99. The molecule has 1 heterocycles. The van der Waals surface area contributed by atoms with E-state index >= 15 is 0 Å². The largest absolute Gasteiger partial charge is 0.340 e. The van der Waals surface area contributed by atoms with Crippen LogP contribution in [0.1, 0.15) is 6.92 Å². The van der Waals surface area contributed by atoms with Gasteiger partial charge in [-0.25, -0.2) is 0 Å². The van der Waals surface area contributed by atoms with Gasteiger partial charge in [0, 0.05) is 39.8 Å². The molecule has 1 aliphatic heterocycles. The number of hydrogen-bond donors (Lipinski definition) is 1. The van der Waals surface area contributed by atoms with Crippen LogP contribution in [0.4, 0.5) is 0 Å². The number of piperazine rings is 1. The Hall–Kier alpha value is -0.610. The zero-order chi connectivity index (χ0) is 8.27. The summed E-state index contributed by atoms with van der Waals surface area (Å²) in [6.45, 7) is 5.69. The van der Waals surface area contributed by atoms with Gasteiger partial charge >= 0.3 is 0 Å². The maximum atomic E-state index is 10.9. The fourth-order valence-electron chi connectivity index (χ4n) is 1.25. The van der Waals surface area contributed by atoms with E-state index in [0.717, 1.165) is 26.2 Å². The van der Waals surface area contributed by atoms with Crippen LogP contribution in [-0.4, -0.2) is 48.6 Å². The monoisotopic (exact) mass is 157 g/mol. The molecule has 4 nitrogen and oxygen atoms in total. The van der Waals surface area contributed by atoms with E-state index in [9.17, 15) is 4.79 Å². The predicted octanol–water partition coefficient (Wildman–Crippen LogP) is -0.933. The second-order valence-corrected chi connectivity index (χ2v) is 2.81. The van der Waals surface area contributed by atoms with Crippen LogP contribution in [0.3, 0.4) is 0 Å². The average molecular weight is 157 g/mol. The lowest BCUT2D eigenvalue weighted by atomic mass is 10.3. The van der Waals surface area contributed by atoms with Gasteiger partial charge in [0.25, 0.3) is 0 Å². The summed E-state index contributed by atoms with van der Waals surface area (Å²) in [5.41, 5.74) is 5.45. The van der Waals surface area contributed by atoms with Crippen molar-refractivity contribution in [3.8, 4) is 0 Å². The third kappa shape index (κ3) is 2.17. The summed E-state index contributed by atoms with van der Waals surface area (Å²) in [7, 11) is 0. The second kappa shape index (κ2) is 3.69. The Bertz CT molecular complexity index is 141. The molecule has 0 aromatic carbocycles. The molecule has 0 atom stereocenters. The van der Waals surface area contributed by atoms with Gasteiger partial charge in [-0.1, -0.05) is 0 Å². The highest BCUT2D eigenvalue weighted by molar-refractivity contribution is 5.73. The van der Waals surface area contributed by atoms with E-state index in [1.165, 1.54) is 0 Å². The highest BCUT2D eigenvalue weighted by atomic mass is 16.2. The molecule has 4 heteroatoms. The Morgan fingerprint density at radius 2 is 1.91 bits per heavy atom. The van der Waals surface area contributed by atoms with Crippen molar-refractivity contribution in [2.24, 2.45) is 5.73 Å². The number of hydrogen-bond acceptors (Lipinski definition) is 3. The van der Waals surface area contributed by atoms with Crippen LogP contribution in [0.5, 0.6) is 0 Å². The van der Waals surface area contributed by atoms with Crippen LogP contribution >= 0.6 is 0 Å². The van der Waals surface area contributed by atoms with E-state index in [2.05, 4.69) is 4.90 Å². The van der Waals surface area contributed by atoms with Crippen LogP contribution in [0.25, 0.3) is 0 Å². The number of nitrogens with zero attached hydrogens (tertiary/aromatic N) is 2. The summed E-state index contributed by atoms with van der Waals surface area (Å²) in [6.07, 6.45) is 0. The smallest absolute Gasteiger partial charge is 0.219 e. The summed E-state index contributed by atoms with van der Waals surface area (Å²) in [6, 6.07) is 0. The minimum Gasteiger partial charge on any atom is -0.340 e. The quantitative estimate of drug-likeness (QED) is 0.535. The number of rotatable bonds is 1. The lowest BCUT2D eigenvalue weighted by Gasteiger charge is -2.33. The van der Waals surface area contributed by atoms with Crippen molar-refractivity contribution in [3.63, 3.8) is 0 Å². The zero-order valence-electron chi connectivity index (χ0n) is 6.92. The van der Waals surface area contributed by atoms with Crippen LogP contribution < -0.4 is 5.73 Å². The number of nitrogens with two attached hydrogens (primary N) is 1. The van der Waals surface area contributed by atoms with E-state index in [4.69, 9.17) is 5.73 Å². The van der Waals surface area contributed by atoms with Crippen molar-refractivity contribution >= 4 is 5.91 Å². The molecular formula is C7H15N3O. The summed E-state index contributed by atoms with van der Waals surface area (Å²) >= 11 is 0. The third-order valence-electron chi connectivity index (χ3n) is 2.08. The molecule has 1 fully saturated rings. The molecule has 0 aliphatic carbocycles. The highest BCUT2D eigenvalue weighted by Gasteiger charge is 2.16. The molecule has 0 aromatic heterocycles. The SMILES string of the molecule is CC(=O)N1CCN(CN)CC1. The molecule has 1 rings (SSSR count). The van der Waals surface area contributed by atoms with Crippen LogP contribution in [-0.2, 0) is 4.79 Å². The Morgan fingerprint density at radius 3 is 2.27 bits per heavy atom. The van der Waals surface area contributed by atoms with Gasteiger partial charge < -0.3 is 10.6 Å². The van der Waals surface area contributed by atoms with Crippen LogP contribution in [0.15, 0.2) is 0 Å². The molecule has 0 radical (unpaired) electrons. The maximum absolute atomic E-state index is 10.9. The van der Waals surface area contributed by atoms with Gasteiger partial charge in [0.1, 0.15) is 0 Å². The first kappa shape index (κ1) is 8.49. The van der Waals surface area contributed by atoms with Crippen LogP contribution in [0, 0.1) is 0 Å². The standard InChI is InChI=1S/C7H15N3O/c1-7(11)10-4-2-9(6-8)3-5-10/h2-6,8H2,1H3. The van der Waals surface area contributed by atoms with Gasteiger partial charge in [0.2, 0.25) is 5.91 Å². The van der Waals surface area contributed by atoms with Crippen molar-refractivity contribution in [2.45, 2.75) is 6.92 Å².